The number of benzene rings is 2. The van der Waals surface area contributed by atoms with Gasteiger partial charge in [0, 0.05) is 31.4 Å². The number of thiazole rings is 1. The van der Waals surface area contributed by atoms with E-state index in [1.807, 2.05) is 36.2 Å². The number of azo groups is 1. The molecule has 8 nitrogen and oxygen atoms in total. The average molecular weight is 357 g/mol. The zero-order valence-electron chi connectivity index (χ0n) is 13.4. The van der Waals surface area contributed by atoms with Crippen molar-refractivity contribution in [2.75, 3.05) is 25.1 Å². The van der Waals surface area contributed by atoms with Crippen molar-refractivity contribution in [2.45, 2.75) is 0 Å². The number of non-ortho nitro benzene ring substituents is 1. The summed E-state index contributed by atoms with van der Waals surface area (Å²) in [7, 11) is 1.90. The Morgan fingerprint density at radius 2 is 2.00 bits per heavy atom. The summed E-state index contributed by atoms with van der Waals surface area (Å²) >= 11 is 1.25. The Bertz CT molecular complexity index is 923. The third-order valence-electron chi connectivity index (χ3n) is 3.55. The van der Waals surface area contributed by atoms with Gasteiger partial charge in [-0.25, -0.2) is 4.98 Å². The molecule has 0 spiro atoms. The second kappa shape index (κ2) is 7.32. The summed E-state index contributed by atoms with van der Waals surface area (Å²) in [6, 6.07) is 11.9. The Kier molecular flexibility index (Phi) is 4.96. The summed E-state index contributed by atoms with van der Waals surface area (Å²) < 4.78 is 0.698. The van der Waals surface area contributed by atoms with Crippen molar-refractivity contribution < 1.29 is 10.0 Å². The normalized spacial score (nSPS) is 11.3. The van der Waals surface area contributed by atoms with Crippen LogP contribution in [0.5, 0.6) is 0 Å². The molecule has 1 heterocycles. The smallest absolute Gasteiger partial charge is 0.270 e. The fourth-order valence-corrected chi connectivity index (χ4v) is 3.03. The van der Waals surface area contributed by atoms with E-state index in [1.165, 1.54) is 23.5 Å². The molecule has 128 valence electrons. The molecule has 0 aliphatic heterocycles. The average Bonchev–Trinajstić information content (AvgIpc) is 3.02. The van der Waals surface area contributed by atoms with E-state index < -0.39 is 4.92 Å². The van der Waals surface area contributed by atoms with E-state index in [0.29, 0.717) is 27.6 Å². The maximum atomic E-state index is 10.8. The minimum atomic E-state index is -0.435. The summed E-state index contributed by atoms with van der Waals surface area (Å²) in [6.07, 6.45) is 0. The number of aliphatic hydroxyl groups is 1. The van der Waals surface area contributed by atoms with Gasteiger partial charge >= 0.3 is 0 Å². The molecule has 0 radical (unpaired) electrons. The van der Waals surface area contributed by atoms with Gasteiger partial charge in [-0.05, 0) is 30.3 Å². The Morgan fingerprint density at radius 3 is 2.68 bits per heavy atom. The molecule has 0 unspecified atom stereocenters. The van der Waals surface area contributed by atoms with Gasteiger partial charge < -0.3 is 10.0 Å². The van der Waals surface area contributed by atoms with Crippen molar-refractivity contribution in [1.29, 1.82) is 0 Å². The summed E-state index contributed by atoms with van der Waals surface area (Å²) in [6.45, 7) is 0.645. The summed E-state index contributed by atoms with van der Waals surface area (Å²) in [5.41, 5.74) is 2.33. The molecule has 0 saturated heterocycles. The van der Waals surface area contributed by atoms with Crippen LogP contribution in [0.25, 0.3) is 10.2 Å². The van der Waals surface area contributed by atoms with E-state index in [0.717, 1.165) is 5.69 Å². The van der Waals surface area contributed by atoms with Crippen LogP contribution in [0.1, 0.15) is 0 Å². The van der Waals surface area contributed by atoms with Crippen LogP contribution >= 0.6 is 11.3 Å². The lowest BCUT2D eigenvalue weighted by atomic mass is 10.2. The maximum Gasteiger partial charge on any atom is 0.270 e. The standard InChI is InChI=1S/C16H15N5O3S/c1-20(8-9-22)12-4-2-11(3-5-12)18-19-16-17-14-7-6-13(21(23)24)10-15(14)25-16/h2-7,10,22H,8-9H2,1H3. The SMILES string of the molecule is CN(CCO)c1ccc(N=Nc2nc3ccc([N+](=O)[O-])cc3s2)cc1. The molecule has 2 aromatic carbocycles. The molecule has 0 saturated carbocycles. The number of hydrogen-bond donors (Lipinski definition) is 1. The number of nitro benzene ring substituents is 1. The van der Waals surface area contributed by atoms with Crippen LogP contribution in [0.3, 0.4) is 0 Å². The quantitative estimate of drug-likeness (QED) is 0.407. The predicted octanol–water partition coefficient (Wildman–Crippen LogP) is 4.05. The van der Waals surface area contributed by atoms with Gasteiger partial charge in [-0.1, -0.05) is 11.3 Å². The third-order valence-corrected chi connectivity index (χ3v) is 4.45. The maximum absolute atomic E-state index is 10.8. The van der Waals surface area contributed by atoms with Crippen LogP contribution < -0.4 is 4.90 Å². The lowest BCUT2D eigenvalue weighted by Crippen LogP contribution is -2.20. The zero-order valence-corrected chi connectivity index (χ0v) is 14.2. The number of hydrogen-bond acceptors (Lipinski definition) is 8. The third kappa shape index (κ3) is 3.95. The molecule has 1 N–H and O–H groups in total. The van der Waals surface area contributed by atoms with Gasteiger partial charge in [-0.15, -0.1) is 10.2 Å². The highest BCUT2D eigenvalue weighted by molar-refractivity contribution is 7.21. The van der Waals surface area contributed by atoms with E-state index in [1.54, 1.807) is 6.07 Å². The second-order valence-electron chi connectivity index (χ2n) is 5.27. The van der Waals surface area contributed by atoms with Crippen molar-refractivity contribution in [1.82, 2.24) is 4.98 Å². The van der Waals surface area contributed by atoms with Crippen LogP contribution in [-0.2, 0) is 0 Å². The molecule has 0 bridgehead atoms. The van der Waals surface area contributed by atoms with Crippen molar-refractivity contribution in [3.8, 4) is 0 Å². The monoisotopic (exact) mass is 357 g/mol. The van der Waals surface area contributed by atoms with E-state index >= 15 is 0 Å². The van der Waals surface area contributed by atoms with Crippen LogP contribution in [0, 0.1) is 10.1 Å². The first-order valence-corrected chi connectivity index (χ1v) is 8.27. The highest BCUT2D eigenvalue weighted by Gasteiger charge is 2.10. The van der Waals surface area contributed by atoms with E-state index in [4.69, 9.17) is 5.11 Å². The molecule has 0 amide bonds. The molecule has 0 atom stereocenters. The van der Waals surface area contributed by atoms with Crippen molar-refractivity contribution >= 4 is 43.7 Å². The minimum absolute atomic E-state index is 0.0298. The second-order valence-corrected chi connectivity index (χ2v) is 6.28. The fourth-order valence-electron chi connectivity index (χ4n) is 2.21. The number of rotatable bonds is 6. The molecule has 0 aliphatic carbocycles. The first-order chi connectivity index (χ1) is 12.1. The minimum Gasteiger partial charge on any atom is -0.395 e. The number of fused-ring (bicyclic) bond motifs is 1. The Labute approximate surface area is 147 Å². The topological polar surface area (TPSA) is 104 Å². The van der Waals surface area contributed by atoms with E-state index in [2.05, 4.69) is 15.2 Å². The van der Waals surface area contributed by atoms with Gasteiger partial charge in [0.2, 0.25) is 5.13 Å². The van der Waals surface area contributed by atoms with Gasteiger partial charge in [0.25, 0.3) is 5.69 Å². The molecule has 0 fully saturated rings. The first kappa shape index (κ1) is 16.9. The molecule has 3 rings (SSSR count). The van der Waals surface area contributed by atoms with Gasteiger partial charge in [0.1, 0.15) is 0 Å². The van der Waals surface area contributed by atoms with Gasteiger partial charge in [-0.3, -0.25) is 10.1 Å². The molecule has 25 heavy (non-hydrogen) atoms. The molecular weight excluding hydrogens is 342 g/mol. The number of nitro groups is 1. The van der Waals surface area contributed by atoms with Crippen LogP contribution in [0.15, 0.2) is 52.7 Å². The number of anilines is 1. The fraction of sp³-hybridized carbons (Fsp3) is 0.188. The number of nitrogens with zero attached hydrogens (tertiary/aromatic N) is 5. The number of aromatic nitrogens is 1. The predicted molar refractivity (Wildman–Crippen MR) is 97.2 cm³/mol. The van der Waals surface area contributed by atoms with Crippen molar-refractivity contribution in [3.63, 3.8) is 0 Å². The van der Waals surface area contributed by atoms with Crippen molar-refractivity contribution in [3.05, 3.63) is 52.6 Å². The first-order valence-electron chi connectivity index (χ1n) is 7.45. The van der Waals surface area contributed by atoms with Crippen LogP contribution in [0.4, 0.5) is 22.2 Å². The van der Waals surface area contributed by atoms with Gasteiger partial charge in [0.05, 0.1) is 27.4 Å². The highest BCUT2D eigenvalue weighted by atomic mass is 32.1. The molecule has 0 aliphatic rings. The van der Waals surface area contributed by atoms with Gasteiger partial charge in [-0.2, -0.15) is 0 Å². The zero-order chi connectivity index (χ0) is 17.8. The molecule has 9 heteroatoms. The Balaban J connectivity index is 1.77. The summed E-state index contributed by atoms with van der Waals surface area (Å²) in [5, 5.41) is 28.5. The summed E-state index contributed by atoms with van der Waals surface area (Å²) in [4.78, 5) is 16.6. The largest absolute Gasteiger partial charge is 0.395 e. The molecule has 1 aromatic heterocycles. The van der Waals surface area contributed by atoms with E-state index in [-0.39, 0.29) is 12.3 Å². The lowest BCUT2D eigenvalue weighted by molar-refractivity contribution is -0.384. The number of aliphatic hydroxyl groups excluding tert-OH is 1. The Hall–Kier alpha value is -2.91. The van der Waals surface area contributed by atoms with E-state index in [9.17, 15) is 10.1 Å². The Morgan fingerprint density at radius 1 is 1.24 bits per heavy atom. The van der Waals surface area contributed by atoms with Gasteiger partial charge in [0.15, 0.2) is 0 Å². The van der Waals surface area contributed by atoms with Crippen molar-refractivity contribution in [2.24, 2.45) is 10.2 Å². The highest BCUT2D eigenvalue weighted by Crippen LogP contribution is 2.31. The molecule has 3 aromatic rings. The molecular formula is C16H15N5O3S. The van der Waals surface area contributed by atoms with Crippen LogP contribution in [0.2, 0.25) is 0 Å². The lowest BCUT2D eigenvalue weighted by Gasteiger charge is -2.17. The number of likely N-dealkylation sites (N-methyl/N-ethyl adjacent to an activating group) is 1. The summed E-state index contributed by atoms with van der Waals surface area (Å²) in [5.74, 6) is 0. The van der Waals surface area contributed by atoms with Crippen LogP contribution in [-0.4, -0.2) is 35.2 Å².